The van der Waals surface area contributed by atoms with E-state index in [2.05, 4.69) is 33.3 Å². The number of morpholine rings is 1. The number of aryl methyl sites for hydroxylation is 1. The molecule has 1 aliphatic rings. The second-order valence-corrected chi connectivity index (χ2v) is 6.99. The van der Waals surface area contributed by atoms with Crippen LogP contribution in [0.25, 0.3) is 11.4 Å². The van der Waals surface area contributed by atoms with Crippen molar-refractivity contribution in [2.75, 3.05) is 26.2 Å². The Bertz CT molecular complexity index is 876. The van der Waals surface area contributed by atoms with Crippen LogP contribution in [0.2, 0.25) is 5.02 Å². The lowest BCUT2D eigenvalue weighted by atomic mass is 10.1. The Morgan fingerprint density at radius 2 is 2.11 bits per heavy atom. The van der Waals surface area contributed by atoms with E-state index in [1.165, 1.54) is 0 Å². The third-order valence-electron chi connectivity index (χ3n) is 4.71. The van der Waals surface area contributed by atoms with Gasteiger partial charge >= 0.3 is 0 Å². The van der Waals surface area contributed by atoms with Crippen molar-refractivity contribution in [2.24, 2.45) is 0 Å². The van der Waals surface area contributed by atoms with Crippen molar-refractivity contribution >= 4 is 11.6 Å². The molecule has 1 aliphatic heterocycles. The van der Waals surface area contributed by atoms with E-state index in [-0.39, 0.29) is 6.10 Å². The summed E-state index contributed by atoms with van der Waals surface area (Å²) in [6, 6.07) is 7.42. The minimum Gasteiger partial charge on any atom is -0.371 e. The smallest absolute Gasteiger partial charge is 0.228 e. The minimum atomic E-state index is 0.0614. The van der Waals surface area contributed by atoms with Gasteiger partial charge in [-0.2, -0.15) is 10.1 Å². The van der Waals surface area contributed by atoms with Crippen LogP contribution in [0.5, 0.6) is 0 Å². The van der Waals surface area contributed by atoms with Crippen LogP contribution in [0.4, 0.5) is 0 Å². The summed E-state index contributed by atoms with van der Waals surface area (Å²) in [5.74, 6) is 1.23. The van der Waals surface area contributed by atoms with Crippen molar-refractivity contribution in [3.63, 3.8) is 0 Å². The van der Waals surface area contributed by atoms with Gasteiger partial charge in [0.2, 0.25) is 11.7 Å². The molecule has 0 radical (unpaired) electrons. The van der Waals surface area contributed by atoms with Gasteiger partial charge in [-0.3, -0.25) is 9.58 Å². The number of rotatable bonds is 6. The summed E-state index contributed by atoms with van der Waals surface area (Å²) in [4.78, 5) is 6.86. The molecule has 3 heterocycles. The van der Waals surface area contributed by atoms with E-state index < -0.39 is 0 Å². The number of hydrogen-bond acceptors (Lipinski definition) is 6. The van der Waals surface area contributed by atoms with Crippen LogP contribution >= 0.6 is 11.6 Å². The van der Waals surface area contributed by atoms with E-state index in [9.17, 15) is 0 Å². The molecule has 0 amide bonds. The Kier molecular flexibility index (Phi) is 5.52. The molecule has 4 rings (SSSR count). The number of hydrogen-bond donors (Lipinski definition) is 0. The van der Waals surface area contributed by atoms with Gasteiger partial charge in [-0.05, 0) is 31.2 Å². The molecule has 1 aromatic carbocycles. The molecule has 0 N–H and O–H groups in total. The Balaban J connectivity index is 1.34. The van der Waals surface area contributed by atoms with Gasteiger partial charge in [0.25, 0.3) is 0 Å². The first-order valence-corrected chi connectivity index (χ1v) is 9.54. The molecule has 0 bridgehead atoms. The van der Waals surface area contributed by atoms with E-state index in [0.29, 0.717) is 29.8 Å². The van der Waals surface area contributed by atoms with Crippen LogP contribution in [0.15, 0.2) is 41.2 Å². The molecule has 1 unspecified atom stereocenters. The lowest BCUT2D eigenvalue weighted by molar-refractivity contribution is -0.0300. The normalized spacial score (nSPS) is 18.1. The molecule has 3 aromatic rings. The van der Waals surface area contributed by atoms with E-state index >= 15 is 0 Å². The molecule has 7 nitrogen and oxygen atoms in total. The second kappa shape index (κ2) is 8.21. The number of nitrogens with zero attached hydrogens (tertiary/aromatic N) is 5. The van der Waals surface area contributed by atoms with Crippen molar-refractivity contribution in [3.05, 3.63) is 53.1 Å². The number of benzene rings is 1. The zero-order valence-corrected chi connectivity index (χ0v) is 16.0. The van der Waals surface area contributed by atoms with Crippen molar-refractivity contribution < 1.29 is 9.26 Å². The predicted octanol–water partition coefficient (Wildman–Crippen LogP) is 3.22. The fraction of sp³-hybridized carbons (Fsp3) is 0.421. The summed E-state index contributed by atoms with van der Waals surface area (Å²) in [7, 11) is 0. The van der Waals surface area contributed by atoms with Gasteiger partial charge in [-0.1, -0.05) is 16.8 Å². The highest BCUT2D eigenvalue weighted by molar-refractivity contribution is 6.30. The maximum atomic E-state index is 5.92. The highest BCUT2D eigenvalue weighted by Crippen LogP contribution is 2.22. The first-order valence-electron chi connectivity index (χ1n) is 9.16. The summed E-state index contributed by atoms with van der Waals surface area (Å²) in [6.45, 7) is 6.24. The molecule has 1 saturated heterocycles. The first-order chi connectivity index (χ1) is 13.2. The van der Waals surface area contributed by atoms with Crippen LogP contribution in [-0.4, -0.2) is 51.1 Å². The van der Waals surface area contributed by atoms with Crippen LogP contribution in [0.1, 0.15) is 24.5 Å². The van der Waals surface area contributed by atoms with Gasteiger partial charge in [0.15, 0.2) is 0 Å². The third kappa shape index (κ3) is 4.37. The molecule has 27 heavy (non-hydrogen) atoms. The summed E-state index contributed by atoms with van der Waals surface area (Å²) < 4.78 is 13.2. The van der Waals surface area contributed by atoms with E-state index in [1.54, 1.807) is 0 Å². The van der Waals surface area contributed by atoms with E-state index in [0.717, 1.165) is 37.3 Å². The average molecular weight is 388 g/mol. The largest absolute Gasteiger partial charge is 0.371 e. The van der Waals surface area contributed by atoms with Crippen LogP contribution < -0.4 is 0 Å². The quantitative estimate of drug-likeness (QED) is 0.646. The number of halogens is 1. The van der Waals surface area contributed by atoms with Gasteiger partial charge in [-0.15, -0.1) is 0 Å². The number of ether oxygens (including phenoxy) is 1. The summed E-state index contributed by atoms with van der Waals surface area (Å²) in [5, 5.41) is 9.10. The van der Waals surface area contributed by atoms with Gasteiger partial charge in [0.05, 0.1) is 18.9 Å². The lowest BCUT2D eigenvalue weighted by Crippen LogP contribution is -2.39. The first kappa shape index (κ1) is 18.2. The summed E-state index contributed by atoms with van der Waals surface area (Å²) >= 11 is 5.92. The van der Waals surface area contributed by atoms with Crippen molar-refractivity contribution in [3.8, 4) is 11.4 Å². The Morgan fingerprint density at radius 1 is 1.26 bits per heavy atom. The molecule has 0 aliphatic carbocycles. The van der Waals surface area contributed by atoms with Crippen molar-refractivity contribution in [1.29, 1.82) is 0 Å². The van der Waals surface area contributed by atoms with E-state index in [4.69, 9.17) is 20.9 Å². The van der Waals surface area contributed by atoms with Crippen LogP contribution in [-0.2, 0) is 17.7 Å². The fourth-order valence-electron chi connectivity index (χ4n) is 3.15. The standard InChI is InChI=1S/C19H22ClN5O2/c1-2-25-12-15(11-21-25)17-13-24(9-10-26-17)8-7-18-22-19(23-27-18)14-3-5-16(20)6-4-14/h3-6,11-12,17H,2,7-10,13H2,1H3. The average Bonchev–Trinajstić information content (AvgIpc) is 3.37. The zero-order chi connectivity index (χ0) is 18.6. The summed E-state index contributed by atoms with van der Waals surface area (Å²) in [5.41, 5.74) is 2.03. The highest BCUT2D eigenvalue weighted by atomic mass is 35.5. The molecular formula is C19H22ClN5O2. The highest BCUT2D eigenvalue weighted by Gasteiger charge is 2.23. The molecule has 1 atom stereocenters. The maximum absolute atomic E-state index is 5.92. The van der Waals surface area contributed by atoms with Gasteiger partial charge in [0, 0.05) is 54.9 Å². The summed E-state index contributed by atoms with van der Waals surface area (Å²) in [6.07, 6.45) is 4.73. The Morgan fingerprint density at radius 3 is 2.89 bits per heavy atom. The van der Waals surface area contributed by atoms with Crippen molar-refractivity contribution in [2.45, 2.75) is 26.0 Å². The third-order valence-corrected chi connectivity index (χ3v) is 4.96. The molecule has 142 valence electrons. The lowest BCUT2D eigenvalue weighted by Gasteiger charge is -2.32. The zero-order valence-electron chi connectivity index (χ0n) is 15.2. The van der Waals surface area contributed by atoms with Crippen LogP contribution in [0.3, 0.4) is 0 Å². The molecule has 0 spiro atoms. The van der Waals surface area contributed by atoms with Crippen molar-refractivity contribution in [1.82, 2.24) is 24.8 Å². The predicted molar refractivity (Wildman–Crippen MR) is 101 cm³/mol. The minimum absolute atomic E-state index is 0.0614. The van der Waals surface area contributed by atoms with Crippen LogP contribution in [0, 0.1) is 0 Å². The molecule has 2 aromatic heterocycles. The topological polar surface area (TPSA) is 69.2 Å². The van der Waals surface area contributed by atoms with Gasteiger partial charge < -0.3 is 9.26 Å². The second-order valence-electron chi connectivity index (χ2n) is 6.56. The monoisotopic (exact) mass is 387 g/mol. The van der Waals surface area contributed by atoms with Gasteiger partial charge in [0.1, 0.15) is 0 Å². The SMILES string of the molecule is CCn1cc(C2CN(CCc3nc(-c4ccc(Cl)cc4)no3)CCO2)cn1. The maximum Gasteiger partial charge on any atom is 0.228 e. The van der Waals surface area contributed by atoms with E-state index in [1.807, 2.05) is 35.1 Å². The molecule has 1 fully saturated rings. The molecule has 8 heteroatoms. The molecular weight excluding hydrogens is 366 g/mol. The molecule has 0 saturated carbocycles. The fourth-order valence-corrected chi connectivity index (χ4v) is 3.28. The van der Waals surface area contributed by atoms with Gasteiger partial charge in [-0.25, -0.2) is 0 Å². The number of aromatic nitrogens is 4. The Hall–Kier alpha value is -2.22. The Labute approximate surface area is 162 Å².